The Hall–Kier alpha value is -0.0800. The Morgan fingerprint density at radius 1 is 1.78 bits per heavy atom. The van der Waals surface area contributed by atoms with Crippen molar-refractivity contribution in [3.05, 3.63) is 0 Å². The molecule has 2 atom stereocenters. The molecule has 0 aromatic carbocycles. The molecule has 0 aromatic heterocycles. The molecule has 1 saturated heterocycles. The van der Waals surface area contributed by atoms with E-state index in [9.17, 15) is 0 Å². The van der Waals surface area contributed by atoms with Crippen LogP contribution in [0.1, 0.15) is 19.8 Å². The molecule has 1 unspecified atom stereocenters. The van der Waals surface area contributed by atoms with Crippen LogP contribution in [0.3, 0.4) is 0 Å². The van der Waals surface area contributed by atoms with Gasteiger partial charge in [-0.15, -0.1) is 0 Å². The number of aliphatic hydroxyl groups excluding tert-OH is 1. The number of rotatable bonds is 2. The van der Waals surface area contributed by atoms with Crippen molar-refractivity contribution < 1.29 is 9.84 Å². The fourth-order valence-corrected chi connectivity index (χ4v) is 1.17. The van der Waals surface area contributed by atoms with Crippen LogP contribution in [-0.4, -0.2) is 24.4 Å². The first kappa shape index (κ1) is 7.03. The van der Waals surface area contributed by atoms with Crippen LogP contribution in [0, 0.1) is 5.92 Å². The fraction of sp³-hybridized carbons (Fsp3) is 1.00. The molecule has 1 N–H and O–H groups in total. The van der Waals surface area contributed by atoms with Gasteiger partial charge in [0, 0.05) is 19.1 Å². The van der Waals surface area contributed by atoms with Crippen LogP contribution in [0.5, 0.6) is 0 Å². The zero-order chi connectivity index (χ0) is 6.69. The van der Waals surface area contributed by atoms with Gasteiger partial charge in [0.1, 0.15) is 0 Å². The minimum Gasteiger partial charge on any atom is -0.396 e. The van der Waals surface area contributed by atoms with Crippen molar-refractivity contribution >= 4 is 0 Å². The van der Waals surface area contributed by atoms with Gasteiger partial charge in [0.05, 0.1) is 6.10 Å². The highest BCUT2D eigenvalue weighted by atomic mass is 16.5. The molecule has 2 nitrogen and oxygen atoms in total. The molecule has 9 heavy (non-hydrogen) atoms. The highest BCUT2D eigenvalue weighted by Crippen LogP contribution is 2.19. The second-order valence-electron chi connectivity index (χ2n) is 2.71. The van der Waals surface area contributed by atoms with E-state index in [1.54, 1.807) is 0 Å². The Kier molecular flexibility index (Phi) is 2.49. The van der Waals surface area contributed by atoms with Crippen molar-refractivity contribution in [1.82, 2.24) is 0 Å². The first-order valence-corrected chi connectivity index (χ1v) is 3.57. The van der Waals surface area contributed by atoms with Gasteiger partial charge in [0.2, 0.25) is 0 Å². The molecule has 1 aliphatic rings. The SMILES string of the molecule is C[C@@H](CO)C1CCCO1. The summed E-state index contributed by atoms with van der Waals surface area (Å²) in [7, 11) is 0. The molecule has 1 fully saturated rings. The summed E-state index contributed by atoms with van der Waals surface area (Å²) in [6, 6.07) is 0. The third kappa shape index (κ3) is 1.66. The van der Waals surface area contributed by atoms with E-state index in [1.807, 2.05) is 6.92 Å². The minimum atomic E-state index is 0.255. The van der Waals surface area contributed by atoms with Crippen molar-refractivity contribution in [2.24, 2.45) is 5.92 Å². The zero-order valence-corrected chi connectivity index (χ0v) is 5.84. The molecular formula is C7H14O2. The van der Waals surface area contributed by atoms with E-state index in [0.29, 0.717) is 12.0 Å². The van der Waals surface area contributed by atoms with Crippen molar-refractivity contribution in [3.8, 4) is 0 Å². The normalized spacial score (nSPS) is 30.7. The lowest BCUT2D eigenvalue weighted by Crippen LogP contribution is -2.19. The molecule has 0 spiro atoms. The van der Waals surface area contributed by atoms with E-state index in [-0.39, 0.29) is 6.61 Å². The van der Waals surface area contributed by atoms with Crippen LogP contribution in [-0.2, 0) is 4.74 Å². The number of hydrogen-bond acceptors (Lipinski definition) is 2. The van der Waals surface area contributed by atoms with Crippen molar-refractivity contribution in [3.63, 3.8) is 0 Å². The van der Waals surface area contributed by atoms with E-state index < -0.39 is 0 Å². The molecule has 1 heterocycles. The van der Waals surface area contributed by atoms with Gasteiger partial charge in [-0.3, -0.25) is 0 Å². The molecule has 0 aliphatic carbocycles. The van der Waals surface area contributed by atoms with Crippen LogP contribution < -0.4 is 0 Å². The topological polar surface area (TPSA) is 29.5 Å². The Balaban J connectivity index is 2.24. The van der Waals surface area contributed by atoms with E-state index in [2.05, 4.69) is 0 Å². The lowest BCUT2D eigenvalue weighted by Gasteiger charge is -2.14. The molecule has 54 valence electrons. The lowest BCUT2D eigenvalue weighted by atomic mass is 10.0. The fourth-order valence-electron chi connectivity index (χ4n) is 1.17. The van der Waals surface area contributed by atoms with Crippen LogP contribution in [0.25, 0.3) is 0 Å². The molecule has 0 bridgehead atoms. The summed E-state index contributed by atoms with van der Waals surface area (Å²) in [5.41, 5.74) is 0. The van der Waals surface area contributed by atoms with E-state index in [4.69, 9.17) is 9.84 Å². The van der Waals surface area contributed by atoms with Gasteiger partial charge >= 0.3 is 0 Å². The Morgan fingerprint density at radius 2 is 2.56 bits per heavy atom. The van der Waals surface area contributed by atoms with Gasteiger partial charge in [0.25, 0.3) is 0 Å². The second-order valence-corrected chi connectivity index (χ2v) is 2.71. The monoisotopic (exact) mass is 130 g/mol. The first-order chi connectivity index (χ1) is 4.34. The maximum Gasteiger partial charge on any atom is 0.0623 e. The van der Waals surface area contributed by atoms with Gasteiger partial charge < -0.3 is 9.84 Å². The predicted molar refractivity (Wildman–Crippen MR) is 35.2 cm³/mol. The first-order valence-electron chi connectivity index (χ1n) is 3.57. The van der Waals surface area contributed by atoms with E-state index in [0.717, 1.165) is 19.4 Å². The Labute approximate surface area is 55.8 Å². The van der Waals surface area contributed by atoms with Crippen molar-refractivity contribution in [2.75, 3.05) is 13.2 Å². The largest absolute Gasteiger partial charge is 0.396 e. The van der Waals surface area contributed by atoms with Crippen molar-refractivity contribution in [2.45, 2.75) is 25.9 Å². The molecule has 1 aliphatic heterocycles. The van der Waals surface area contributed by atoms with Gasteiger partial charge in [0.15, 0.2) is 0 Å². The molecular weight excluding hydrogens is 116 g/mol. The molecule has 0 amide bonds. The zero-order valence-electron chi connectivity index (χ0n) is 5.84. The third-order valence-corrected chi connectivity index (χ3v) is 1.89. The Morgan fingerprint density at radius 3 is 3.00 bits per heavy atom. The van der Waals surface area contributed by atoms with E-state index >= 15 is 0 Å². The molecule has 2 heteroatoms. The molecule has 0 radical (unpaired) electrons. The third-order valence-electron chi connectivity index (χ3n) is 1.89. The molecule has 1 rings (SSSR count). The summed E-state index contributed by atoms with van der Waals surface area (Å²) in [4.78, 5) is 0. The maximum absolute atomic E-state index is 8.72. The summed E-state index contributed by atoms with van der Waals surface area (Å²) in [5.74, 6) is 0.326. The highest BCUT2D eigenvalue weighted by Gasteiger charge is 2.20. The lowest BCUT2D eigenvalue weighted by molar-refractivity contribution is 0.0445. The summed E-state index contributed by atoms with van der Waals surface area (Å²) in [6.45, 7) is 3.16. The van der Waals surface area contributed by atoms with Gasteiger partial charge in [-0.1, -0.05) is 6.92 Å². The average Bonchev–Trinajstić information content (AvgIpc) is 2.37. The summed E-state index contributed by atoms with van der Waals surface area (Å²) in [6.07, 6.45) is 2.62. The van der Waals surface area contributed by atoms with Crippen LogP contribution in [0.4, 0.5) is 0 Å². The summed E-state index contributed by atoms with van der Waals surface area (Å²) >= 11 is 0. The highest BCUT2D eigenvalue weighted by molar-refractivity contribution is 4.69. The summed E-state index contributed by atoms with van der Waals surface area (Å²) in [5, 5.41) is 8.72. The maximum atomic E-state index is 8.72. The number of ether oxygens (including phenoxy) is 1. The smallest absolute Gasteiger partial charge is 0.0623 e. The van der Waals surface area contributed by atoms with Gasteiger partial charge in [-0.25, -0.2) is 0 Å². The van der Waals surface area contributed by atoms with E-state index in [1.165, 1.54) is 0 Å². The minimum absolute atomic E-state index is 0.255. The second kappa shape index (κ2) is 3.18. The van der Waals surface area contributed by atoms with Gasteiger partial charge in [-0.2, -0.15) is 0 Å². The Bertz CT molecular complexity index is 77.0. The standard InChI is InChI=1S/C7H14O2/c1-6(5-8)7-3-2-4-9-7/h6-8H,2-5H2,1H3/t6-,7?/m0/s1. The van der Waals surface area contributed by atoms with Crippen LogP contribution in [0.2, 0.25) is 0 Å². The van der Waals surface area contributed by atoms with Crippen LogP contribution in [0.15, 0.2) is 0 Å². The van der Waals surface area contributed by atoms with Gasteiger partial charge in [-0.05, 0) is 12.8 Å². The predicted octanol–water partition coefficient (Wildman–Crippen LogP) is 0.794. The average molecular weight is 130 g/mol. The quantitative estimate of drug-likeness (QED) is 0.599. The molecule has 0 aromatic rings. The van der Waals surface area contributed by atoms with Crippen LogP contribution >= 0.6 is 0 Å². The number of hydrogen-bond donors (Lipinski definition) is 1. The summed E-state index contributed by atoms with van der Waals surface area (Å²) < 4.78 is 5.35. The molecule has 0 saturated carbocycles. The number of aliphatic hydroxyl groups is 1. The van der Waals surface area contributed by atoms with Crippen molar-refractivity contribution in [1.29, 1.82) is 0 Å².